The van der Waals surface area contributed by atoms with Crippen LogP contribution in [0.3, 0.4) is 0 Å². The summed E-state index contributed by atoms with van der Waals surface area (Å²) < 4.78 is 18.8. The molecule has 0 bridgehead atoms. The van der Waals surface area contributed by atoms with Gasteiger partial charge in [0, 0.05) is 54.1 Å². The number of hydrogen-bond acceptors (Lipinski definition) is 6. The Morgan fingerprint density at radius 3 is 2.33 bits per heavy atom. The average Bonchev–Trinajstić information content (AvgIpc) is 3.50. The van der Waals surface area contributed by atoms with E-state index < -0.39 is 0 Å². The van der Waals surface area contributed by atoms with Crippen LogP contribution < -0.4 is 5.32 Å². The summed E-state index contributed by atoms with van der Waals surface area (Å²) in [7, 11) is 1.81. The lowest BCUT2D eigenvalue weighted by Gasteiger charge is -2.22. The molecule has 1 aliphatic heterocycles. The molecule has 0 amide bonds. The van der Waals surface area contributed by atoms with Gasteiger partial charge in [-0.1, -0.05) is 12.1 Å². The van der Waals surface area contributed by atoms with Crippen LogP contribution in [0.1, 0.15) is 18.9 Å². The summed E-state index contributed by atoms with van der Waals surface area (Å²) in [5, 5.41) is 18.9. The quantitative estimate of drug-likeness (QED) is 0.461. The fourth-order valence-corrected chi connectivity index (χ4v) is 3.86. The number of nitrogens with zero attached hydrogens (tertiary/aromatic N) is 6. The fourth-order valence-electron chi connectivity index (χ4n) is 3.86. The van der Waals surface area contributed by atoms with E-state index in [1.54, 1.807) is 54.7 Å². The summed E-state index contributed by atoms with van der Waals surface area (Å²) in [6.45, 7) is 1.78. The van der Waals surface area contributed by atoms with Crippen molar-refractivity contribution in [3.05, 3.63) is 61.2 Å². The summed E-state index contributed by atoms with van der Waals surface area (Å²) >= 11 is 0. The first kappa shape index (κ1) is 22.3. The third-order valence-corrected chi connectivity index (χ3v) is 5.52. The number of aromatic nitrogens is 6. The van der Waals surface area contributed by atoms with E-state index in [9.17, 15) is 0 Å². The standard InChI is InChI=1S/C22H22FN7.CH2O2/c1-29-13-17(12-27-29)19-3-2-4-20(21(19)23)22-25-9-15(10-26-22)16-11-28-30(14-16)18-5-7-24-8-6-18;2-1-3/h2-4,9-14,18,24H,5-8H2,1H3;1H,(H,2,3). The second-order valence-electron chi connectivity index (χ2n) is 7.66. The minimum Gasteiger partial charge on any atom is -0.483 e. The van der Waals surface area contributed by atoms with Crippen LogP contribution in [0.25, 0.3) is 33.6 Å². The molecule has 0 spiro atoms. The van der Waals surface area contributed by atoms with Gasteiger partial charge in [0.15, 0.2) is 5.82 Å². The van der Waals surface area contributed by atoms with Crippen LogP contribution in [0, 0.1) is 5.82 Å². The molecule has 10 heteroatoms. The Bertz CT molecular complexity index is 1210. The molecular weight excluding hydrogens is 425 g/mol. The highest BCUT2D eigenvalue weighted by atomic mass is 19.1. The molecule has 0 aliphatic carbocycles. The molecule has 1 saturated heterocycles. The van der Waals surface area contributed by atoms with E-state index in [2.05, 4.69) is 25.5 Å². The van der Waals surface area contributed by atoms with Crippen molar-refractivity contribution in [3.8, 4) is 33.6 Å². The Balaban J connectivity index is 0.000000821. The van der Waals surface area contributed by atoms with Crippen molar-refractivity contribution in [2.75, 3.05) is 13.1 Å². The van der Waals surface area contributed by atoms with Crippen molar-refractivity contribution in [2.24, 2.45) is 7.05 Å². The van der Waals surface area contributed by atoms with Crippen LogP contribution in [0.15, 0.2) is 55.4 Å². The first-order valence-electron chi connectivity index (χ1n) is 10.5. The summed E-state index contributed by atoms with van der Waals surface area (Å²) in [5.41, 5.74) is 3.40. The Labute approximate surface area is 189 Å². The van der Waals surface area contributed by atoms with Gasteiger partial charge in [-0.3, -0.25) is 14.2 Å². The van der Waals surface area contributed by atoms with E-state index in [1.807, 2.05) is 17.1 Å². The van der Waals surface area contributed by atoms with Gasteiger partial charge in [0.25, 0.3) is 6.47 Å². The Hall–Kier alpha value is -3.92. The summed E-state index contributed by atoms with van der Waals surface area (Å²) in [6.07, 6.45) is 12.9. The number of benzene rings is 1. The predicted molar refractivity (Wildman–Crippen MR) is 121 cm³/mol. The van der Waals surface area contributed by atoms with Crippen LogP contribution in [0.5, 0.6) is 0 Å². The van der Waals surface area contributed by atoms with E-state index in [-0.39, 0.29) is 12.3 Å². The second-order valence-corrected chi connectivity index (χ2v) is 7.66. The van der Waals surface area contributed by atoms with Gasteiger partial charge in [-0.05, 0) is 32.0 Å². The minimum absolute atomic E-state index is 0.250. The topological polar surface area (TPSA) is 111 Å². The van der Waals surface area contributed by atoms with Gasteiger partial charge in [-0.15, -0.1) is 0 Å². The predicted octanol–water partition coefficient (Wildman–Crippen LogP) is 3.17. The molecule has 3 aromatic heterocycles. The van der Waals surface area contributed by atoms with Crippen molar-refractivity contribution in [2.45, 2.75) is 18.9 Å². The largest absolute Gasteiger partial charge is 0.483 e. The van der Waals surface area contributed by atoms with Gasteiger partial charge in [0.1, 0.15) is 5.82 Å². The van der Waals surface area contributed by atoms with Gasteiger partial charge in [-0.25, -0.2) is 14.4 Å². The number of nitrogens with one attached hydrogen (secondary N) is 1. The van der Waals surface area contributed by atoms with Crippen LogP contribution in [0.2, 0.25) is 0 Å². The zero-order chi connectivity index (χ0) is 23.2. The van der Waals surface area contributed by atoms with Gasteiger partial charge in [0.05, 0.1) is 24.0 Å². The van der Waals surface area contributed by atoms with Crippen LogP contribution in [0.4, 0.5) is 4.39 Å². The summed E-state index contributed by atoms with van der Waals surface area (Å²) in [6, 6.07) is 5.66. The number of carboxylic acid groups (broad SMARTS) is 1. The van der Waals surface area contributed by atoms with Crippen molar-refractivity contribution in [3.63, 3.8) is 0 Å². The first-order valence-corrected chi connectivity index (χ1v) is 10.5. The molecule has 2 N–H and O–H groups in total. The Morgan fingerprint density at radius 1 is 1.00 bits per heavy atom. The van der Waals surface area contributed by atoms with E-state index in [4.69, 9.17) is 9.90 Å². The third-order valence-electron chi connectivity index (χ3n) is 5.52. The van der Waals surface area contributed by atoms with Crippen molar-refractivity contribution < 1.29 is 14.3 Å². The first-order chi connectivity index (χ1) is 16.1. The van der Waals surface area contributed by atoms with Gasteiger partial charge >= 0.3 is 0 Å². The molecule has 4 aromatic rings. The van der Waals surface area contributed by atoms with E-state index in [0.717, 1.165) is 42.6 Å². The molecule has 1 aromatic carbocycles. The van der Waals surface area contributed by atoms with Crippen LogP contribution >= 0.6 is 0 Å². The second kappa shape index (κ2) is 10.1. The van der Waals surface area contributed by atoms with E-state index in [1.165, 1.54) is 0 Å². The lowest BCUT2D eigenvalue weighted by atomic mass is 10.0. The molecule has 170 valence electrons. The lowest BCUT2D eigenvalue weighted by Crippen LogP contribution is -2.29. The summed E-state index contributed by atoms with van der Waals surface area (Å²) in [4.78, 5) is 17.2. The highest BCUT2D eigenvalue weighted by Crippen LogP contribution is 2.30. The zero-order valence-corrected chi connectivity index (χ0v) is 18.1. The minimum atomic E-state index is -0.350. The molecule has 1 aliphatic rings. The molecule has 0 unspecified atom stereocenters. The van der Waals surface area contributed by atoms with Gasteiger partial charge < -0.3 is 10.4 Å². The number of halogens is 1. The fraction of sp³-hybridized carbons (Fsp3) is 0.261. The maximum atomic E-state index is 15.2. The Morgan fingerprint density at radius 2 is 1.67 bits per heavy atom. The number of carbonyl (C=O) groups is 1. The highest BCUT2D eigenvalue weighted by molar-refractivity contribution is 5.71. The highest BCUT2D eigenvalue weighted by Gasteiger charge is 2.17. The number of rotatable bonds is 4. The van der Waals surface area contributed by atoms with Gasteiger partial charge in [-0.2, -0.15) is 10.2 Å². The average molecular weight is 449 g/mol. The summed E-state index contributed by atoms with van der Waals surface area (Å²) in [5.74, 6) is 0.00437. The molecular formula is C23H24FN7O2. The smallest absolute Gasteiger partial charge is 0.290 e. The van der Waals surface area contributed by atoms with E-state index in [0.29, 0.717) is 23.0 Å². The molecule has 5 rings (SSSR count). The molecule has 4 heterocycles. The van der Waals surface area contributed by atoms with Crippen LogP contribution in [-0.2, 0) is 11.8 Å². The lowest BCUT2D eigenvalue weighted by molar-refractivity contribution is -0.122. The Kier molecular flexibility index (Phi) is 6.84. The van der Waals surface area contributed by atoms with Crippen molar-refractivity contribution in [1.29, 1.82) is 0 Å². The molecule has 0 saturated carbocycles. The SMILES string of the molecule is Cn1cc(-c2cccc(-c3ncc(-c4cnn(C5CCNCC5)c4)cn3)c2F)cn1.O=CO. The zero-order valence-electron chi connectivity index (χ0n) is 18.1. The van der Waals surface area contributed by atoms with Crippen molar-refractivity contribution in [1.82, 2.24) is 34.8 Å². The normalized spacial score (nSPS) is 13.9. The molecule has 33 heavy (non-hydrogen) atoms. The molecule has 9 nitrogen and oxygen atoms in total. The molecule has 0 atom stereocenters. The van der Waals surface area contributed by atoms with Gasteiger partial charge in [0.2, 0.25) is 0 Å². The third kappa shape index (κ3) is 4.96. The molecule has 0 radical (unpaired) electrons. The maximum absolute atomic E-state index is 15.2. The van der Waals surface area contributed by atoms with Crippen LogP contribution in [-0.4, -0.2) is 54.2 Å². The molecule has 1 fully saturated rings. The maximum Gasteiger partial charge on any atom is 0.290 e. The number of aryl methyl sites for hydroxylation is 1. The number of hydrogen-bond donors (Lipinski definition) is 2. The number of piperidine rings is 1. The van der Waals surface area contributed by atoms with E-state index >= 15 is 4.39 Å². The van der Waals surface area contributed by atoms with Crippen molar-refractivity contribution >= 4 is 6.47 Å². The monoisotopic (exact) mass is 449 g/mol.